The van der Waals surface area contributed by atoms with Gasteiger partial charge in [-0.25, -0.2) is 0 Å². The number of nitrogens with zero attached hydrogens (tertiary/aromatic N) is 1. The van der Waals surface area contributed by atoms with Crippen LogP contribution in [0.25, 0.3) is 11.3 Å². The lowest BCUT2D eigenvalue weighted by Crippen LogP contribution is -2.33. The van der Waals surface area contributed by atoms with Crippen LogP contribution in [-0.2, 0) is 6.42 Å². The summed E-state index contributed by atoms with van der Waals surface area (Å²) in [4.78, 5) is 16.5. The zero-order valence-corrected chi connectivity index (χ0v) is 19.0. The van der Waals surface area contributed by atoms with E-state index in [4.69, 9.17) is 39.8 Å². The molecule has 5 nitrogen and oxygen atoms in total. The highest BCUT2D eigenvalue weighted by molar-refractivity contribution is 7.80. The van der Waals surface area contributed by atoms with Gasteiger partial charge in [-0.05, 0) is 78.3 Å². The molecule has 2 N–H and O–H groups in total. The molecule has 2 aromatic carbocycles. The highest BCUT2D eigenvalue weighted by Crippen LogP contribution is 2.34. The van der Waals surface area contributed by atoms with Gasteiger partial charge in [-0.15, -0.1) is 0 Å². The monoisotopic (exact) mass is 481 g/mol. The number of furan rings is 1. The van der Waals surface area contributed by atoms with Crippen molar-refractivity contribution in [1.29, 1.82) is 0 Å². The zero-order valence-electron chi connectivity index (χ0n) is 16.6. The van der Waals surface area contributed by atoms with Gasteiger partial charge in [0.1, 0.15) is 5.76 Å². The van der Waals surface area contributed by atoms with Crippen LogP contribution in [0.4, 0.5) is 5.69 Å². The SMILES string of the molecule is O=C(NC(=S)Nc1ccc(Cc2ccncc2)cc1)c1ccc(-c2cccc(Cl)c2Cl)o1. The molecule has 4 rings (SSSR count). The molecule has 0 spiro atoms. The molecule has 0 unspecified atom stereocenters. The van der Waals surface area contributed by atoms with Gasteiger partial charge in [-0.2, -0.15) is 0 Å². The number of pyridine rings is 1. The van der Waals surface area contributed by atoms with Gasteiger partial charge in [0.2, 0.25) is 0 Å². The number of benzene rings is 2. The fourth-order valence-corrected chi connectivity index (χ4v) is 3.67. The minimum Gasteiger partial charge on any atom is -0.451 e. The van der Waals surface area contributed by atoms with Gasteiger partial charge in [0.15, 0.2) is 10.9 Å². The van der Waals surface area contributed by atoms with Crippen molar-refractivity contribution in [2.75, 3.05) is 5.32 Å². The highest BCUT2D eigenvalue weighted by Gasteiger charge is 2.16. The second kappa shape index (κ2) is 9.96. The summed E-state index contributed by atoms with van der Waals surface area (Å²) in [5.41, 5.74) is 3.70. The Hall–Kier alpha value is -3.19. The van der Waals surface area contributed by atoms with E-state index in [1.807, 2.05) is 36.4 Å². The molecule has 4 aromatic rings. The number of thiocarbonyl (C=S) groups is 1. The maximum Gasteiger partial charge on any atom is 0.293 e. The fourth-order valence-electron chi connectivity index (χ4n) is 3.07. The predicted octanol–water partition coefficient (Wildman–Crippen LogP) is 6.37. The molecule has 8 heteroatoms. The second-order valence-electron chi connectivity index (χ2n) is 6.90. The number of carbonyl (C=O) groups excluding carboxylic acids is 1. The Bertz CT molecular complexity index is 1260. The van der Waals surface area contributed by atoms with E-state index >= 15 is 0 Å². The molecular weight excluding hydrogens is 465 g/mol. The molecule has 0 atom stereocenters. The van der Waals surface area contributed by atoms with Crippen molar-refractivity contribution in [1.82, 2.24) is 10.3 Å². The average molecular weight is 482 g/mol. The van der Waals surface area contributed by atoms with Gasteiger partial charge in [-0.1, -0.05) is 41.4 Å². The van der Waals surface area contributed by atoms with E-state index in [1.54, 1.807) is 42.7 Å². The fraction of sp³-hybridized carbons (Fsp3) is 0.0417. The smallest absolute Gasteiger partial charge is 0.293 e. The number of halogens is 2. The van der Waals surface area contributed by atoms with Crippen LogP contribution in [0.2, 0.25) is 10.0 Å². The summed E-state index contributed by atoms with van der Waals surface area (Å²) in [6.07, 6.45) is 4.36. The lowest BCUT2D eigenvalue weighted by Gasteiger charge is -2.09. The van der Waals surface area contributed by atoms with Gasteiger partial charge in [0.05, 0.1) is 10.0 Å². The third-order valence-electron chi connectivity index (χ3n) is 4.64. The molecule has 160 valence electrons. The standard InChI is InChI=1S/C24H17Cl2N3O2S/c25-19-3-1-2-18(22(19)26)20-8-9-21(31-20)23(30)29-24(32)28-17-6-4-15(5-7-17)14-16-10-12-27-13-11-16/h1-13H,14H2,(H2,28,29,30,32). The Morgan fingerprint density at radius 3 is 2.41 bits per heavy atom. The van der Waals surface area contributed by atoms with Crippen molar-refractivity contribution in [3.05, 3.63) is 106 Å². The molecule has 1 amide bonds. The molecule has 0 fully saturated rings. The van der Waals surface area contributed by atoms with E-state index in [2.05, 4.69) is 15.6 Å². The van der Waals surface area contributed by atoms with Crippen LogP contribution in [0.3, 0.4) is 0 Å². The zero-order chi connectivity index (χ0) is 22.5. The Morgan fingerprint density at radius 1 is 0.938 bits per heavy atom. The summed E-state index contributed by atoms with van der Waals surface area (Å²) in [5, 5.41) is 6.54. The molecule has 0 saturated carbocycles. The Labute approximate surface area is 200 Å². The molecule has 0 aliphatic carbocycles. The summed E-state index contributed by atoms with van der Waals surface area (Å²) < 4.78 is 5.64. The van der Waals surface area contributed by atoms with Crippen molar-refractivity contribution in [3.8, 4) is 11.3 Å². The lowest BCUT2D eigenvalue weighted by molar-refractivity contribution is 0.0951. The van der Waals surface area contributed by atoms with E-state index in [0.717, 1.165) is 17.7 Å². The average Bonchev–Trinajstić information content (AvgIpc) is 3.28. The molecule has 0 saturated heterocycles. The number of amides is 1. The number of aromatic nitrogens is 1. The summed E-state index contributed by atoms with van der Waals surface area (Å²) in [6, 6.07) is 20.2. The number of carbonyl (C=O) groups is 1. The van der Waals surface area contributed by atoms with Crippen LogP contribution in [0.1, 0.15) is 21.7 Å². The molecule has 0 aliphatic rings. The van der Waals surface area contributed by atoms with Gasteiger partial charge in [0.25, 0.3) is 5.91 Å². The Kier molecular flexibility index (Phi) is 6.85. The topological polar surface area (TPSA) is 67.2 Å². The molecule has 0 radical (unpaired) electrons. The predicted molar refractivity (Wildman–Crippen MR) is 131 cm³/mol. The third-order valence-corrected chi connectivity index (χ3v) is 5.67. The first kappa shape index (κ1) is 22.0. The first-order valence-electron chi connectivity index (χ1n) is 9.64. The highest BCUT2D eigenvalue weighted by atomic mass is 35.5. The van der Waals surface area contributed by atoms with Gasteiger partial charge in [-0.3, -0.25) is 15.1 Å². The first-order chi connectivity index (χ1) is 15.5. The largest absolute Gasteiger partial charge is 0.451 e. The van der Waals surface area contributed by atoms with Crippen LogP contribution in [0.15, 0.2) is 83.5 Å². The second-order valence-corrected chi connectivity index (χ2v) is 8.10. The van der Waals surface area contributed by atoms with E-state index < -0.39 is 5.91 Å². The number of rotatable bonds is 5. The maximum atomic E-state index is 12.5. The van der Waals surface area contributed by atoms with Crippen molar-refractivity contribution in [2.45, 2.75) is 6.42 Å². The van der Waals surface area contributed by atoms with E-state index in [9.17, 15) is 4.79 Å². The molecule has 0 aliphatic heterocycles. The minimum absolute atomic E-state index is 0.105. The maximum absolute atomic E-state index is 12.5. The third kappa shape index (κ3) is 5.34. The van der Waals surface area contributed by atoms with Crippen molar-refractivity contribution in [2.24, 2.45) is 0 Å². The normalized spacial score (nSPS) is 10.6. The summed E-state index contributed by atoms with van der Waals surface area (Å²) in [5.74, 6) is 0.0698. The molecule has 32 heavy (non-hydrogen) atoms. The van der Waals surface area contributed by atoms with Crippen LogP contribution in [-0.4, -0.2) is 16.0 Å². The Balaban J connectivity index is 1.36. The van der Waals surface area contributed by atoms with Gasteiger partial charge < -0.3 is 9.73 Å². The van der Waals surface area contributed by atoms with Crippen LogP contribution in [0.5, 0.6) is 0 Å². The van der Waals surface area contributed by atoms with E-state index in [-0.39, 0.29) is 10.9 Å². The van der Waals surface area contributed by atoms with E-state index in [0.29, 0.717) is 21.4 Å². The van der Waals surface area contributed by atoms with Crippen molar-refractivity contribution >= 4 is 52.1 Å². The molecule has 2 heterocycles. The minimum atomic E-state index is -0.471. The summed E-state index contributed by atoms with van der Waals surface area (Å²) >= 11 is 17.5. The van der Waals surface area contributed by atoms with E-state index in [1.165, 1.54) is 5.56 Å². The molecule has 2 aromatic heterocycles. The van der Waals surface area contributed by atoms with Crippen LogP contribution < -0.4 is 10.6 Å². The lowest BCUT2D eigenvalue weighted by atomic mass is 10.1. The summed E-state index contributed by atoms with van der Waals surface area (Å²) in [7, 11) is 0. The molecular formula is C24H17Cl2N3O2S. The Morgan fingerprint density at radius 2 is 1.66 bits per heavy atom. The van der Waals surface area contributed by atoms with Crippen molar-refractivity contribution in [3.63, 3.8) is 0 Å². The quantitative estimate of drug-likeness (QED) is 0.324. The first-order valence-corrected chi connectivity index (χ1v) is 10.8. The van der Waals surface area contributed by atoms with Crippen LogP contribution in [0, 0.1) is 0 Å². The van der Waals surface area contributed by atoms with Gasteiger partial charge in [0, 0.05) is 23.6 Å². The van der Waals surface area contributed by atoms with Gasteiger partial charge >= 0.3 is 0 Å². The van der Waals surface area contributed by atoms with Crippen LogP contribution >= 0.6 is 35.4 Å². The molecule has 0 bridgehead atoms. The van der Waals surface area contributed by atoms with Crippen molar-refractivity contribution < 1.29 is 9.21 Å². The number of hydrogen-bond acceptors (Lipinski definition) is 4. The summed E-state index contributed by atoms with van der Waals surface area (Å²) in [6.45, 7) is 0. The number of hydrogen-bond donors (Lipinski definition) is 2. The number of nitrogens with one attached hydrogen (secondary N) is 2. The number of anilines is 1.